The van der Waals surface area contributed by atoms with E-state index in [9.17, 15) is 19.7 Å². The van der Waals surface area contributed by atoms with Crippen molar-refractivity contribution in [1.82, 2.24) is 9.88 Å². The fourth-order valence-corrected chi connectivity index (χ4v) is 4.51. The summed E-state index contributed by atoms with van der Waals surface area (Å²) in [6.07, 6.45) is 2.73. The van der Waals surface area contributed by atoms with Gasteiger partial charge in [0.25, 0.3) is 16.8 Å². The second-order valence-corrected chi connectivity index (χ2v) is 9.16. The van der Waals surface area contributed by atoms with Crippen LogP contribution >= 0.6 is 27.7 Å². The number of hydrogen-bond donors (Lipinski definition) is 0. The Bertz CT molecular complexity index is 1330. The van der Waals surface area contributed by atoms with Gasteiger partial charge in [-0.05, 0) is 60.2 Å². The molecule has 1 aliphatic heterocycles. The molecule has 35 heavy (non-hydrogen) atoms. The molecule has 2 heterocycles. The molecule has 0 unspecified atom stereocenters. The maximum absolute atomic E-state index is 12.9. The van der Waals surface area contributed by atoms with Crippen molar-refractivity contribution < 1.29 is 24.0 Å². The van der Waals surface area contributed by atoms with Crippen LogP contribution in [-0.2, 0) is 11.3 Å². The molecule has 9 nitrogen and oxygen atoms in total. The van der Waals surface area contributed by atoms with Crippen LogP contribution in [0.25, 0.3) is 6.08 Å². The van der Waals surface area contributed by atoms with Gasteiger partial charge in [0.2, 0.25) is 5.88 Å². The van der Waals surface area contributed by atoms with E-state index < -0.39 is 4.92 Å². The van der Waals surface area contributed by atoms with Crippen molar-refractivity contribution in [2.24, 2.45) is 0 Å². The molecule has 4 rings (SSSR count). The van der Waals surface area contributed by atoms with Crippen molar-refractivity contribution in [2.75, 3.05) is 6.61 Å². The van der Waals surface area contributed by atoms with E-state index in [1.807, 2.05) is 31.2 Å². The number of halogens is 1. The van der Waals surface area contributed by atoms with Gasteiger partial charge in [-0.25, -0.2) is 4.98 Å². The van der Waals surface area contributed by atoms with Gasteiger partial charge in [0.15, 0.2) is 11.5 Å². The van der Waals surface area contributed by atoms with Crippen LogP contribution < -0.4 is 9.47 Å². The molecule has 1 aliphatic rings. The lowest BCUT2D eigenvalue weighted by molar-refractivity contribution is -0.385. The van der Waals surface area contributed by atoms with Gasteiger partial charge in [0, 0.05) is 16.6 Å². The summed E-state index contributed by atoms with van der Waals surface area (Å²) < 4.78 is 12.3. The SMILES string of the molecule is CCOc1cc(/C=C2\SC(=O)N(Cc3cccc(Br)c3)C2=O)ccc1Oc1ccc([N+](=O)[O-])cn1. The Morgan fingerprint density at radius 1 is 1.14 bits per heavy atom. The smallest absolute Gasteiger partial charge is 0.293 e. The van der Waals surface area contributed by atoms with E-state index in [-0.39, 0.29) is 29.3 Å². The van der Waals surface area contributed by atoms with Gasteiger partial charge < -0.3 is 9.47 Å². The molecule has 0 bridgehead atoms. The monoisotopic (exact) mass is 555 g/mol. The number of hydrogen-bond acceptors (Lipinski definition) is 8. The standard InChI is InChI=1S/C24H18BrN3O6S/c1-2-33-20-11-15(6-8-19(20)34-22-9-7-18(13-26-22)28(31)32)12-21-23(29)27(24(30)35-21)14-16-4-3-5-17(25)10-16/h3-13H,2,14H2,1H3/b21-12-. The third-order valence-corrected chi connectivity index (χ3v) is 6.22. The van der Waals surface area contributed by atoms with Crippen LogP contribution in [0, 0.1) is 10.1 Å². The zero-order valence-corrected chi connectivity index (χ0v) is 20.7. The Hall–Kier alpha value is -3.70. The quantitative estimate of drug-likeness (QED) is 0.184. The van der Waals surface area contributed by atoms with Crippen molar-refractivity contribution in [3.63, 3.8) is 0 Å². The van der Waals surface area contributed by atoms with E-state index in [1.54, 1.807) is 24.3 Å². The lowest BCUT2D eigenvalue weighted by Gasteiger charge is -2.13. The summed E-state index contributed by atoms with van der Waals surface area (Å²) in [5.74, 6) is 0.550. The van der Waals surface area contributed by atoms with Crippen LogP contribution in [0.4, 0.5) is 10.5 Å². The summed E-state index contributed by atoms with van der Waals surface area (Å²) in [6, 6.07) is 15.2. The van der Waals surface area contributed by atoms with Gasteiger partial charge >= 0.3 is 0 Å². The average molecular weight is 556 g/mol. The lowest BCUT2D eigenvalue weighted by Crippen LogP contribution is -2.27. The normalized spacial score (nSPS) is 14.5. The molecule has 178 valence electrons. The molecule has 2 aromatic carbocycles. The molecular weight excluding hydrogens is 538 g/mol. The number of imide groups is 1. The van der Waals surface area contributed by atoms with Gasteiger partial charge in [0.05, 0.1) is 23.0 Å². The maximum Gasteiger partial charge on any atom is 0.293 e. The number of pyridine rings is 1. The summed E-state index contributed by atoms with van der Waals surface area (Å²) in [7, 11) is 0. The van der Waals surface area contributed by atoms with Crippen LogP contribution in [0.3, 0.4) is 0 Å². The highest BCUT2D eigenvalue weighted by Gasteiger charge is 2.35. The fourth-order valence-electron chi connectivity index (χ4n) is 3.23. The number of rotatable bonds is 8. The molecule has 1 saturated heterocycles. The van der Waals surface area contributed by atoms with E-state index in [0.717, 1.165) is 28.0 Å². The molecule has 11 heteroatoms. The summed E-state index contributed by atoms with van der Waals surface area (Å²) in [5, 5.41) is 10.5. The first-order valence-electron chi connectivity index (χ1n) is 10.4. The molecule has 0 aliphatic carbocycles. The fraction of sp³-hybridized carbons (Fsp3) is 0.125. The molecular formula is C24H18BrN3O6S. The first-order valence-corrected chi connectivity index (χ1v) is 12.0. The lowest BCUT2D eigenvalue weighted by atomic mass is 10.1. The maximum atomic E-state index is 12.9. The number of carbonyl (C=O) groups excluding carboxylic acids is 2. The van der Waals surface area contributed by atoms with Crippen LogP contribution in [0.1, 0.15) is 18.1 Å². The number of aromatic nitrogens is 1. The number of ether oxygens (including phenoxy) is 2. The van der Waals surface area contributed by atoms with Gasteiger partial charge in [0.1, 0.15) is 6.20 Å². The van der Waals surface area contributed by atoms with Crippen LogP contribution in [-0.4, -0.2) is 32.6 Å². The highest BCUT2D eigenvalue weighted by atomic mass is 79.9. The van der Waals surface area contributed by atoms with Crippen molar-refractivity contribution in [3.05, 3.63) is 91.4 Å². The van der Waals surface area contributed by atoms with Crippen molar-refractivity contribution in [1.29, 1.82) is 0 Å². The van der Waals surface area contributed by atoms with Crippen molar-refractivity contribution in [2.45, 2.75) is 13.5 Å². The van der Waals surface area contributed by atoms with E-state index in [0.29, 0.717) is 28.6 Å². The van der Waals surface area contributed by atoms with Crippen molar-refractivity contribution >= 4 is 50.6 Å². The molecule has 0 saturated carbocycles. The summed E-state index contributed by atoms with van der Waals surface area (Å²) in [4.78, 5) is 41.1. The highest BCUT2D eigenvalue weighted by molar-refractivity contribution is 9.10. The molecule has 2 amide bonds. The molecule has 0 atom stereocenters. The largest absolute Gasteiger partial charge is 0.490 e. The summed E-state index contributed by atoms with van der Waals surface area (Å²) in [5.41, 5.74) is 1.33. The number of carbonyl (C=O) groups is 2. The number of nitrogens with zero attached hydrogens (tertiary/aromatic N) is 3. The molecule has 3 aromatic rings. The van der Waals surface area contributed by atoms with E-state index >= 15 is 0 Å². The van der Waals surface area contributed by atoms with Gasteiger partial charge in [-0.15, -0.1) is 0 Å². The molecule has 0 N–H and O–H groups in total. The van der Waals surface area contributed by atoms with Crippen LogP contribution in [0.2, 0.25) is 0 Å². The zero-order valence-electron chi connectivity index (χ0n) is 18.3. The number of amides is 2. The first-order chi connectivity index (χ1) is 16.8. The second kappa shape index (κ2) is 10.7. The minimum absolute atomic E-state index is 0.147. The van der Waals surface area contributed by atoms with Crippen molar-refractivity contribution in [3.8, 4) is 17.4 Å². The molecule has 1 fully saturated rings. The Kier molecular flexibility index (Phi) is 7.47. The molecule has 0 radical (unpaired) electrons. The number of thioether (sulfide) groups is 1. The van der Waals surface area contributed by atoms with E-state index in [4.69, 9.17) is 9.47 Å². The predicted octanol–water partition coefficient (Wildman–Crippen LogP) is 6.18. The van der Waals surface area contributed by atoms with Gasteiger partial charge in [-0.1, -0.05) is 34.1 Å². The summed E-state index contributed by atoms with van der Waals surface area (Å²) >= 11 is 4.27. The van der Waals surface area contributed by atoms with E-state index in [2.05, 4.69) is 20.9 Å². The first kappa shape index (κ1) is 24.4. The third kappa shape index (κ3) is 5.87. The topological polar surface area (TPSA) is 112 Å². The Labute approximate surface area is 213 Å². The van der Waals surface area contributed by atoms with E-state index in [1.165, 1.54) is 17.0 Å². The Morgan fingerprint density at radius 3 is 2.66 bits per heavy atom. The summed E-state index contributed by atoms with van der Waals surface area (Å²) in [6.45, 7) is 2.35. The third-order valence-electron chi connectivity index (χ3n) is 4.81. The Balaban J connectivity index is 1.54. The van der Waals surface area contributed by atoms with Crippen LogP contribution in [0.15, 0.2) is 70.2 Å². The van der Waals surface area contributed by atoms with Gasteiger partial charge in [-0.2, -0.15) is 0 Å². The molecule has 0 spiro atoms. The number of benzene rings is 2. The minimum atomic E-state index is -0.544. The second-order valence-electron chi connectivity index (χ2n) is 7.25. The minimum Gasteiger partial charge on any atom is -0.490 e. The Morgan fingerprint density at radius 2 is 1.97 bits per heavy atom. The highest BCUT2D eigenvalue weighted by Crippen LogP contribution is 2.36. The van der Waals surface area contributed by atoms with Gasteiger partial charge in [-0.3, -0.25) is 24.6 Å². The average Bonchev–Trinajstić information content (AvgIpc) is 3.08. The zero-order chi connectivity index (χ0) is 24.9. The number of nitro groups is 1. The molecule has 1 aromatic heterocycles. The van der Waals surface area contributed by atoms with Crippen LogP contribution in [0.5, 0.6) is 17.4 Å². The predicted molar refractivity (Wildman–Crippen MR) is 134 cm³/mol.